The van der Waals surface area contributed by atoms with Crippen LogP contribution in [0.15, 0.2) is 53.3 Å². The monoisotopic (exact) mass is 327 g/mol. The first kappa shape index (κ1) is 13.1. The highest BCUT2D eigenvalue weighted by atomic mass is 79.9. The molecule has 0 aliphatic rings. The van der Waals surface area contributed by atoms with Crippen molar-refractivity contribution in [3.05, 3.63) is 64.5 Å². The zero-order valence-corrected chi connectivity index (χ0v) is 12.7. The average Bonchev–Trinajstić information content (AvgIpc) is 2.47. The first-order valence-corrected chi connectivity index (χ1v) is 7.23. The van der Waals surface area contributed by atoms with Crippen LogP contribution in [0, 0.1) is 6.92 Å². The molecule has 20 heavy (non-hydrogen) atoms. The number of anilines is 1. The lowest BCUT2D eigenvalue weighted by Crippen LogP contribution is -2.02. The minimum Gasteiger partial charge on any atom is -0.379 e. The number of fused-ring (bicyclic) bond motifs is 1. The summed E-state index contributed by atoms with van der Waals surface area (Å²) in [7, 11) is 0. The summed E-state index contributed by atoms with van der Waals surface area (Å²) in [6, 6.07) is 14.2. The lowest BCUT2D eigenvalue weighted by Gasteiger charge is -2.10. The first-order chi connectivity index (χ1) is 9.74. The molecule has 0 saturated carbocycles. The highest BCUT2D eigenvalue weighted by Gasteiger charge is 2.04. The van der Waals surface area contributed by atoms with Crippen molar-refractivity contribution in [3.63, 3.8) is 0 Å². The van der Waals surface area contributed by atoms with Gasteiger partial charge in [-0.2, -0.15) is 0 Å². The highest BCUT2D eigenvalue weighted by Crippen LogP contribution is 2.24. The van der Waals surface area contributed by atoms with Crippen molar-refractivity contribution in [1.29, 1.82) is 0 Å². The summed E-state index contributed by atoms with van der Waals surface area (Å²) in [6.07, 6.45) is 1.83. The van der Waals surface area contributed by atoms with Crippen LogP contribution < -0.4 is 5.32 Å². The van der Waals surface area contributed by atoms with E-state index in [9.17, 15) is 0 Å². The number of aromatic nitrogens is 2. The van der Waals surface area contributed by atoms with Crippen molar-refractivity contribution >= 4 is 32.5 Å². The Morgan fingerprint density at radius 3 is 2.85 bits per heavy atom. The van der Waals surface area contributed by atoms with Gasteiger partial charge in [-0.3, -0.25) is 4.98 Å². The Labute approximate surface area is 126 Å². The van der Waals surface area contributed by atoms with Gasteiger partial charge in [-0.25, -0.2) is 4.98 Å². The molecule has 100 valence electrons. The van der Waals surface area contributed by atoms with Crippen molar-refractivity contribution in [2.45, 2.75) is 13.5 Å². The minimum absolute atomic E-state index is 0.687. The number of hydrogen-bond donors (Lipinski definition) is 1. The van der Waals surface area contributed by atoms with Crippen molar-refractivity contribution in [2.75, 3.05) is 5.32 Å². The second-order valence-corrected chi connectivity index (χ2v) is 5.45. The fourth-order valence-electron chi connectivity index (χ4n) is 2.20. The summed E-state index contributed by atoms with van der Waals surface area (Å²) in [4.78, 5) is 8.87. The summed E-state index contributed by atoms with van der Waals surface area (Å²) < 4.78 is 0.854. The SMILES string of the molecule is Cc1ccc(NCc2cccc(Br)n2)c2cccnc12. The molecule has 1 N–H and O–H groups in total. The van der Waals surface area contributed by atoms with Gasteiger partial charge in [0, 0.05) is 17.3 Å². The van der Waals surface area contributed by atoms with Gasteiger partial charge in [-0.05, 0) is 58.7 Å². The van der Waals surface area contributed by atoms with Crippen molar-refractivity contribution in [2.24, 2.45) is 0 Å². The van der Waals surface area contributed by atoms with Crippen LogP contribution in [0.5, 0.6) is 0 Å². The van der Waals surface area contributed by atoms with Crippen molar-refractivity contribution in [1.82, 2.24) is 9.97 Å². The normalized spacial score (nSPS) is 10.7. The molecular weight excluding hydrogens is 314 g/mol. The van der Waals surface area contributed by atoms with E-state index in [0.29, 0.717) is 6.54 Å². The van der Waals surface area contributed by atoms with Crippen LogP contribution in [-0.4, -0.2) is 9.97 Å². The molecule has 0 atom stereocenters. The molecule has 3 nitrogen and oxygen atoms in total. The Balaban J connectivity index is 1.90. The van der Waals surface area contributed by atoms with Crippen LogP contribution in [0.1, 0.15) is 11.3 Å². The van der Waals surface area contributed by atoms with Gasteiger partial charge < -0.3 is 5.32 Å². The summed E-state index contributed by atoms with van der Waals surface area (Å²) in [6.45, 7) is 2.77. The number of rotatable bonds is 3. The van der Waals surface area contributed by atoms with Crippen LogP contribution in [0.4, 0.5) is 5.69 Å². The lowest BCUT2D eigenvalue weighted by molar-refractivity contribution is 1.03. The Morgan fingerprint density at radius 1 is 1.10 bits per heavy atom. The fraction of sp³-hybridized carbons (Fsp3) is 0.125. The molecule has 0 fully saturated rings. The fourth-order valence-corrected chi connectivity index (χ4v) is 2.58. The zero-order chi connectivity index (χ0) is 13.9. The number of hydrogen-bond acceptors (Lipinski definition) is 3. The molecule has 0 spiro atoms. The van der Waals surface area contributed by atoms with Gasteiger partial charge in [-0.1, -0.05) is 12.1 Å². The molecule has 1 aromatic carbocycles. The molecule has 2 aromatic heterocycles. The molecule has 3 rings (SSSR count). The molecule has 4 heteroatoms. The molecular formula is C16H14BrN3. The lowest BCUT2D eigenvalue weighted by atomic mass is 10.1. The molecule has 3 aromatic rings. The van der Waals surface area contributed by atoms with E-state index in [1.54, 1.807) is 0 Å². The van der Waals surface area contributed by atoms with Gasteiger partial charge in [0.2, 0.25) is 0 Å². The van der Waals surface area contributed by atoms with Crippen molar-refractivity contribution in [3.8, 4) is 0 Å². The van der Waals surface area contributed by atoms with Gasteiger partial charge >= 0.3 is 0 Å². The van der Waals surface area contributed by atoms with Crippen LogP contribution >= 0.6 is 15.9 Å². The largest absolute Gasteiger partial charge is 0.379 e. The van der Waals surface area contributed by atoms with Crippen LogP contribution in [0.2, 0.25) is 0 Å². The van der Waals surface area contributed by atoms with E-state index < -0.39 is 0 Å². The van der Waals surface area contributed by atoms with Gasteiger partial charge in [-0.15, -0.1) is 0 Å². The quantitative estimate of drug-likeness (QED) is 0.728. The van der Waals surface area contributed by atoms with Crippen LogP contribution in [0.3, 0.4) is 0 Å². The zero-order valence-electron chi connectivity index (χ0n) is 11.1. The standard InChI is InChI=1S/C16H14BrN3/c1-11-7-8-14(13-5-3-9-18-16(11)13)19-10-12-4-2-6-15(17)20-12/h2-9,19H,10H2,1H3. The van der Waals surface area contributed by atoms with Crippen LogP contribution in [-0.2, 0) is 6.54 Å². The first-order valence-electron chi connectivity index (χ1n) is 6.44. The third-order valence-corrected chi connectivity index (χ3v) is 3.65. The average molecular weight is 328 g/mol. The second-order valence-electron chi connectivity index (χ2n) is 4.63. The Kier molecular flexibility index (Phi) is 3.65. The van der Waals surface area contributed by atoms with E-state index in [2.05, 4.69) is 56.3 Å². The van der Waals surface area contributed by atoms with Gasteiger partial charge in [0.05, 0.1) is 17.8 Å². The number of benzene rings is 1. The molecule has 0 bridgehead atoms. The van der Waals surface area contributed by atoms with E-state index in [0.717, 1.165) is 26.9 Å². The molecule has 0 aliphatic carbocycles. The molecule has 0 saturated heterocycles. The van der Waals surface area contributed by atoms with Crippen LogP contribution in [0.25, 0.3) is 10.9 Å². The van der Waals surface area contributed by atoms with Gasteiger partial charge in [0.15, 0.2) is 0 Å². The minimum atomic E-state index is 0.687. The van der Waals surface area contributed by atoms with E-state index in [1.165, 1.54) is 5.56 Å². The number of halogens is 1. The third kappa shape index (κ3) is 2.65. The molecule has 0 amide bonds. The van der Waals surface area contributed by atoms with E-state index in [1.807, 2.05) is 30.5 Å². The molecule has 2 heterocycles. The maximum Gasteiger partial charge on any atom is 0.106 e. The third-order valence-electron chi connectivity index (χ3n) is 3.20. The summed E-state index contributed by atoms with van der Waals surface area (Å²) in [5.74, 6) is 0. The van der Waals surface area contributed by atoms with Gasteiger partial charge in [0.1, 0.15) is 4.60 Å². The highest BCUT2D eigenvalue weighted by molar-refractivity contribution is 9.10. The molecule has 0 radical (unpaired) electrons. The predicted molar refractivity (Wildman–Crippen MR) is 85.7 cm³/mol. The number of aryl methyl sites for hydroxylation is 1. The Morgan fingerprint density at radius 2 is 2.00 bits per heavy atom. The van der Waals surface area contributed by atoms with Gasteiger partial charge in [0.25, 0.3) is 0 Å². The number of nitrogens with one attached hydrogen (secondary N) is 1. The Bertz CT molecular complexity index is 756. The Hall–Kier alpha value is -1.94. The summed E-state index contributed by atoms with van der Waals surface area (Å²) in [5.41, 5.74) is 4.31. The maximum absolute atomic E-state index is 4.45. The second kappa shape index (κ2) is 5.59. The topological polar surface area (TPSA) is 37.8 Å². The van der Waals surface area contributed by atoms with Crippen molar-refractivity contribution < 1.29 is 0 Å². The molecule has 0 unspecified atom stereocenters. The van der Waals surface area contributed by atoms with E-state index in [-0.39, 0.29) is 0 Å². The predicted octanol–water partition coefficient (Wildman–Crippen LogP) is 4.31. The molecule has 0 aliphatic heterocycles. The number of pyridine rings is 2. The maximum atomic E-state index is 4.45. The van der Waals surface area contributed by atoms with E-state index in [4.69, 9.17) is 0 Å². The summed E-state index contributed by atoms with van der Waals surface area (Å²) >= 11 is 3.39. The van der Waals surface area contributed by atoms with E-state index >= 15 is 0 Å². The summed E-state index contributed by atoms with van der Waals surface area (Å²) in [5, 5.41) is 4.58. The number of nitrogens with zero attached hydrogens (tertiary/aromatic N) is 2. The smallest absolute Gasteiger partial charge is 0.106 e.